The number of ether oxygens (including phenoxy) is 2. The number of esters is 1. The van der Waals surface area contributed by atoms with Gasteiger partial charge in [-0.25, -0.2) is 0 Å². The maximum absolute atomic E-state index is 11.5. The van der Waals surface area contributed by atoms with Crippen LogP contribution < -0.4 is 4.74 Å². The van der Waals surface area contributed by atoms with Crippen molar-refractivity contribution in [2.24, 2.45) is 0 Å². The third-order valence-electron chi connectivity index (χ3n) is 3.14. The van der Waals surface area contributed by atoms with Gasteiger partial charge in [0.05, 0.1) is 37.8 Å². The lowest BCUT2D eigenvalue weighted by molar-refractivity contribution is -0.139. The summed E-state index contributed by atoms with van der Waals surface area (Å²) in [5.41, 5.74) is 1.67. The summed E-state index contributed by atoms with van der Waals surface area (Å²) < 4.78 is 11.8. The Labute approximate surface area is 121 Å². The van der Waals surface area contributed by atoms with E-state index < -0.39 is 0 Å². The van der Waals surface area contributed by atoms with Crippen molar-refractivity contribution in [3.05, 3.63) is 28.9 Å². The summed E-state index contributed by atoms with van der Waals surface area (Å²) >= 11 is 6.13. The minimum absolute atomic E-state index is 0.00505. The first-order valence-corrected chi connectivity index (χ1v) is 6.51. The molecule has 0 aliphatic heterocycles. The highest BCUT2D eigenvalue weighted by atomic mass is 35.5. The number of halogens is 1. The number of aliphatic hydroxyl groups is 1. The molecule has 1 N–H and O–H groups in total. The molecule has 0 spiro atoms. The van der Waals surface area contributed by atoms with Crippen molar-refractivity contribution in [1.82, 2.24) is 4.57 Å². The zero-order chi connectivity index (χ0) is 14.7. The number of methoxy groups -OCH3 is 2. The third kappa shape index (κ3) is 2.73. The summed E-state index contributed by atoms with van der Waals surface area (Å²) in [5.74, 6) is 0.231. The van der Waals surface area contributed by atoms with E-state index in [0.717, 1.165) is 16.5 Å². The third-order valence-corrected chi connectivity index (χ3v) is 3.44. The van der Waals surface area contributed by atoms with Crippen LogP contribution in [0.5, 0.6) is 5.75 Å². The molecule has 0 saturated carbocycles. The van der Waals surface area contributed by atoms with Crippen LogP contribution in [0.15, 0.2) is 18.3 Å². The fourth-order valence-corrected chi connectivity index (χ4v) is 2.42. The molecule has 6 heteroatoms. The van der Waals surface area contributed by atoms with Crippen LogP contribution in [-0.2, 0) is 22.5 Å². The van der Waals surface area contributed by atoms with Gasteiger partial charge in [-0.1, -0.05) is 11.6 Å². The number of carbonyl (C=O) groups is 1. The van der Waals surface area contributed by atoms with E-state index in [1.54, 1.807) is 12.1 Å². The van der Waals surface area contributed by atoms with Crippen molar-refractivity contribution in [3.8, 4) is 5.75 Å². The van der Waals surface area contributed by atoms with Crippen molar-refractivity contribution in [3.63, 3.8) is 0 Å². The van der Waals surface area contributed by atoms with Crippen LogP contribution >= 0.6 is 11.6 Å². The van der Waals surface area contributed by atoms with Crippen molar-refractivity contribution in [1.29, 1.82) is 0 Å². The molecule has 0 amide bonds. The van der Waals surface area contributed by atoms with Crippen LogP contribution in [0.4, 0.5) is 0 Å². The Morgan fingerprint density at radius 1 is 1.40 bits per heavy atom. The molecule has 108 valence electrons. The van der Waals surface area contributed by atoms with Gasteiger partial charge in [-0.05, 0) is 17.7 Å². The maximum Gasteiger partial charge on any atom is 0.310 e. The van der Waals surface area contributed by atoms with Gasteiger partial charge in [-0.2, -0.15) is 0 Å². The normalized spacial score (nSPS) is 10.8. The van der Waals surface area contributed by atoms with E-state index in [0.29, 0.717) is 17.3 Å². The van der Waals surface area contributed by atoms with Crippen LogP contribution in [0.2, 0.25) is 5.02 Å². The fraction of sp³-hybridized carbons (Fsp3) is 0.357. The van der Waals surface area contributed by atoms with Gasteiger partial charge in [0.15, 0.2) is 0 Å². The Morgan fingerprint density at radius 3 is 2.75 bits per heavy atom. The summed E-state index contributed by atoms with van der Waals surface area (Å²) in [4.78, 5) is 11.5. The first-order chi connectivity index (χ1) is 9.60. The van der Waals surface area contributed by atoms with Crippen LogP contribution in [0.3, 0.4) is 0 Å². The summed E-state index contributed by atoms with van der Waals surface area (Å²) in [7, 11) is 2.89. The monoisotopic (exact) mass is 297 g/mol. The summed E-state index contributed by atoms with van der Waals surface area (Å²) in [6.07, 6.45) is 1.99. The van der Waals surface area contributed by atoms with Crippen LogP contribution in [0, 0.1) is 0 Å². The zero-order valence-electron chi connectivity index (χ0n) is 11.4. The smallest absolute Gasteiger partial charge is 0.310 e. The predicted octanol–water partition coefficient (Wildman–Crippen LogP) is 2.01. The number of aliphatic hydroxyl groups excluding tert-OH is 1. The molecule has 0 unspecified atom stereocenters. The number of aromatic nitrogens is 1. The molecule has 0 radical (unpaired) electrons. The largest absolute Gasteiger partial charge is 0.495 e. The Hall–Kier alpha value is -1.72. The molecule has 0 aliphatic rings. The molecule has 20 heavy (non-hydrogen) atoms. The zero-order valence-corrected chi connectivity index (χ0v) is 12.1. The SMILES string of the molecule is COC(=O)Cc1cn(CCO)c2cc(Cl)c(OC)cc12. The highest BCUT2D eigenvalue weighted by Crippen LogP contribution is 2.33. The number of hydrogen-bond donors (Lipinski definition) is 1. The van der Waals surface area contributed by atoms with Crippen LogP contribution in [-0.4, -0.2) is 36.5 Å². The Bertz CT molecular complexity index is 636. The van der Waals surface area contributed by atoms with Gasteiger partial charge in [0.25, 0.3) is 0 Å². The molecule has 0 aliphatic carbocycles. The standard InChI is InChI=1S/C14H16ClNO4/c1-19-13-6-10-9(5-14(18)20-2)8-16(3-4-17)12(10)7-11(13)15/h6-8,17H,3-5H2,1-2H3. The lowest BCUT2D eigenvalue weighted by Crippen LogP contribution is -2.04. The van der Waals surface area contributed by atoms with Gasteiger partial charge < -0.3 is 19.1 Å². The number of fused-ring (bicyclic) bond motifs is 1. The second-order valence-corrected chi connectivity index (χ2v) is 4.74. The number of hydrogen-bond acceptors (Lipinski definition) is 4. The molecule has 0 saturated heterocycles. The second-order valence-electron chi connectivity index (χ2n) is 4.33. The minimum atomic E-state index is -0.318. The molecule has 1 heterocycles. The lowest BCUT2D eigenvalue weighted by Gasteiger charge is -2.06. The molecular weight excluding hydrogens is 282 g/mol. The van der Waals surface area contributed by atoms with E-state index >= 15 is 0 Å². The molecule has 0 fully saturated rings. The van der Waals surface area contributed by atoms with Gasteiger partial charge in [0, 0.05) is 18.1 Å². The van der Waals surface area contributed by atoms with E-state index in [2.05, 4.69) is 0 Å². The van der Waals surface area contributed by atoms with Crippen LogP contribution in [0.25, 0.3) is 10.9 Å². The highest BCUT2D eigenvalue weighted by molar-refractivity contribution is 6.32. The van der Waals surface area contributed by atoms with E-state index in [4.69, 9.17) is 26.2 Å². The molecule has 1 aromatic heterocycles. The summed E-state index contributed by atoms with van der Waals surface area (Å²) in [5, 5.41) is 10.5. The van der Waals surface area contributed by atoms with E-state index in [-0.39, 0.29) is 19.0 Å². The van der Waals surface area contributed by atoms with Gasteiger partial charge in [-0.3, -0.25) is 4.79 Å². The summed E-state index contributed by atoms with van der Waals surface area (Å²) in [6, 6.07) is 3.57. The quantitative estimate of drug-likeness (QED) is 0.858. The van der Waals surface area contributed by atoms with Crippen molar-refractivity contribution < 1.29 is 19.4 Å². The molecule has 0 bridgehead atoms. The Kier molecular flexibility index (Phi) is 4.52. The Balaban J connectivity index is 2.58. The van der Waals surface area contributed by atoms with E-state index in [1.165, 1.54) is 14.2 Å². The fourth-order valence-electron chi connectivity index (χ4n) is 2.18. The highest BCUT2D eigenvalue weighted by Gasteiger charge is 2.15. The molecule has 0 atom stereocenters. The van der Waals surface area contributed by atoms with E-state index in [1.807, 2.05) is 10.8 Å². The number of benzene rings is 1. The van der Waals surface area contributed by atoms with Gasteiger partial charge >= 0.3 is 5.97 Å². The molecule has 1 aromatic carbocycles. The number of rotatable bonds is 5. The lowest BCUT2D eigenvalue weighted by atomic mass is 10.1. The minimum Gasteiger partial charge on any atom is -0.495 e. The van der Waals surface area contributed by atoms with Crippen molar-refractivity contribution in [2.45, 2.75) is 13.0 Å². The van der Waals surface area contributed by atoms with E-state index in [9.17, 15) is 4.79 Å². The first kappa shape index (κ1) is 14.7. The Morgan fingerprint density at radius 2 is 2.15 bits per heavy atom. The number of nitrogens with zero attached hydrogens (tertiary/aromatic N) is 1. The predicted molar refractivity (Wildman–Crippen MR) is 76.3 cm³/mol. The molecule has 2 aromatic rings. The van der Waals surface area contributed by atoms with Gasteiger partial charge in [0.2, 0.25) is 0 Å². The average Bonchev–Trinajstić information content (AvgIpc) is 2.75. The van der Waals surface area contributed by atoms with Crippen molar-refractivity contribution in [2.75, 3.05) is 20.8 Å². The molecule has 2 rings (SSSR count). The first-order valence-electron chi connectivity index (χ1n) is 6.13. The van der Waals surface area contributed by atoms with Gasteiger partial charge in [-0.15, -0.1) is 0 Å². The summed E-state index contributed by atoms with van der Waals surface area (Å²) in [6.45, 7) is 0.436. The number of carbonyl (C=O) groups excluding carboxylic acids is 1. The molecular formula is C14H16ClNO4. The average molecular weight is 298 g/mol. The second kappa shape index (κ2) is 6.15. The maximum atomic E-state index is 11.5. The van der Waals surface area contributed by atoms with Crippen molar-refractivity contribution >= 4 is 28.5 Å². The van der Waals surface area contributed by atoms with Crippen LogP contribution in [0.1, 0.15) is 5.56 Å². The topological polar surface area (TPSA) is 60.7 Å². The molecule has 5 nitrogen and oxygen atoms in total. The van der Waals surface area contributed by atoms with Gasteiger partial charge in [0.1, 0.15) is 5.75 Å².